The molecule has 3 heterocycles. The number of carbonyl (C=O) groups excluding carboxylic acids is 1. The van der Waals surface area contributed by atoms with Crippen molar-refractivity contribution in [3.05, 3.63) is 88.8 Å². The van der Waals surface area contributed by atoms with Gasteiger partial charge < -0.3 is 9.64 Å². The summed E-state index contributed by atoms with van der Waals surface area (Å²) in [7, 11) is 1.91. The maximum Gasteiger partial charge on any atom is 0.234 e. The molecule has 4 aliphatic rings. The van der Waals surface area contributed by atoms with Crippen LogP contribution in [0.2, 0.25) is 0 Å². The van der Waals surface area contributed by atoms with Crippen molar-refractivity contribution >= 4 is 29.0 Å². The molecule has 1 N–H and O–H groups in total. The van der Waals surface area contributed by atoms with Gasteiger partial charge in [-0.05, 0) is 53.7 Å². The first kappa shape index (κ1) is 22.7. The van der Waals surface area contributed by atoms with E-state index in [9.17, 15) is 4.79 Å². The maximum atomic E-state index is 13.3. The Bertz CT molecular complexity index is 1440. The number of rotatable bonds is 5. The lowest BCUT2D eigenvalue weighted by molar-refractivity contribution is -0.136. The lowest BCUT2D eigenvalue weighted by atomic mass is 9.76. The third-order valence-corrected chi connectivity index (χ3v) is 8.75. The zero-order valence-corrected chi connectivity index (χ0v) is 21.2. The standard InChI is InChI=1S/C31H32N4O2/c1-34-25-4-2-3-24(18-25)31(30(34)36)19-27(31)23-10-11-26-28(32-33-29(26)17-23)12-9-21-5-7-22(8-6-21)20-35-13-15-37-16-14-35/h2,4-12,17-18,24,27H,3,13-16,19-20H2,1H3,(H,32,33)/b12-9+/t24?,27-,31-/m0/s1. The van der Waals surface area contributed by atoms with E-state index in [1.807, 2.05) is 11.9 Å². The highest BCUT2D eigenvalue weighted by atomic mass is 16.5. The van der Waals surface area contributed by atoms with Crippen molar-refractivity contribution in [2.45, 2.75) is 25.3 Å². The second kappa shape index (κ2) is 8.82. The minimum absolute atomic E-state index is 0.263. The topological polar surface area (TPSA) is 61.5 Å². The SMILES string of the molecule is CN1C(=O)[C@@]2(C[C@H]2c2ccc3c(/C=C/c4ccc(CN5CCOCC5)cc4)n[nH]c3c2)C2C=C1C=CC2. The second-order valence-electron chi connectivity index (χ2n) is 10.9. The van der Waals surface area contributed by atoms with E-state index in [2.05, 4.69) is 87.9 Å². The van der Waals surface area contributed by atoms with E-state index in [1.54, 1.807) is 0 Å². The lowest BCUT2D eigenvalue weighted by Crippen LogP contribution is -2.43. The number of morpholine rings is 1. The second-order valence-corrected chi connectivity index (χ2v) is 10.9. The Morgan fingerprint density at radius 1 is 1.14 bits per heavy atom. The van der Waals surface area contributed by atoms with Crippen LogP contribution < -0.4 is 0 Å². The van der Waals surface area contributed by atoms with Gasteiger partial charge in [0.15, 0.2) is 0 Å². The number of H-pyrrole nitrogens is 1. The van der Waals surface area contributed by atoms with Gasteiger partial charge in [0.05, 0.1) is 29.8 Å². The Morgan fingerprint density at radius 2 is 1.97 bits per heavy atom. The number of hydrogen-bond donors (Lipinski definition) is 1. The summed E-state index contributed by atoms with van der Waals surface area (Å²) in [6, 6.07) is 15.3. The van der Waals surface area contributed by atoms with Crippen molar-refractivity contribution in [3.63, 3.8) is 0 Å². The summed E-state index contributed by atoms with van der Waals surface area (Å²) in [6.07, 6.45) is 12.7. The number of nitrogens with one attached hydrogen (secondary N) is 1. The van der Waals surface area contributed by atoms with Gasteiger partial charge in [-0.15, -0.1) is 0 Å². The lowest BCUT2D eigenvalue weighted by Gasteiger charge is -2.37. The number of aromatic nitrogens is 2. The van der Waals surface area contributed by atoms with Crippen molar-refractivity contribution in [3.8, 4) is 0 Å². The van der Waals surface area contributed by atoms with Crippen molar-refractivity contribution in [1.82, 2.24) is 20.0 Å². The fourth-order valence-electron chi connectivity index (χ4n) is 6.51. The number of fused-ring (bicyclic) bond motifs is 3. The summed E-state index contributed by atoms with van der Waals surface area (Å²) in [4.78, 5) is 17.6. The molecule has 2 aliphatic heterocycles. The minimum atomic E-state index is -0.284. The summed E-state index contributed by atoms with van der Waals surface area (Å²) in [5, 5.41) is 8.91. The van der Waals surface area contributed by atoms with E-state index in [1.165, 1.54) is 11.1 Å². The van der Waals surface area contributed by atoms with Gasteiger partial charge >= 0.3 is 0 Å². The number of likely N-dealkylation sites (N-methyl/N-ethyl adjacent to an activating group) is 1. The molecule has 188 valence electrons. The first-order chi connectivity index (χ1) is 18.1. The fourth-order valence-corrected chi connectivity index (χ4v) is 6.51. The molecule has 2 aromatic carbocycles. The van der Waals surface area contributed by atoms with Crippen LogP contribution in [-0.2, 0) is 16.1 Å². The number of nitrogens with zero attached hydrogens (tertiary/aromatic N) is 3. The Labute approximate surface area is 217 Å². The first-order valence-corrected chi connectivity index (χ1v) is 13.3. The largest absolute Gasteiger partial charge is 0.379 e. The zero-order chi connectivity index (χ0) is 25.0. The molecule has 6 nitrogen and oxygen atoms in total. The normalized spacial score (nSPS) is 27.4. The summed E-state index contributed by atoms with van der Waals surface area (Å²) in [5.41, 5.74) is 6.44. The van der Waals surface area contributed by atoms with Crippen molar-refractivity contribution in [2.75, 3.05) is 33.4 Å². The number of hydrogen-bond acceptors (Lipinski definition) is 4. The Morgan fingerprint density at radius 3 is 2.81 bits per heavy atom. The number of ether oxygens (including phenoxy) is 1. The molecule has 7 rings (SSSR count). The summed E-state index contributed by atoms with van der Waals surface area (Å²) in [5.74, 6) is 0.838. The fraction of sp³-hybridized carbons (Fsp3) is 0.355. The Balaban J connectivity index is 1.07. The molecule has 2 bridgehead atoms. The van der Waals surface area contributed by atoms with Gasteiger partial charge in [0.1, 0.15) is 0 Å². The molecule has 37 heavy (non-hydrogen) atoms. The molecule has 2 aliphatic carbocycles. The molecule has 6 heteroatoms. The van der Waals surface area contributed by atoms with Gasteiger partial charge in [0.25, 0.3) is 0 Å². The van der Waals surface area contributed by atoms with Gasteiger partial charge in [-0.2, -0.15) is 5.10 Å². The number of aromatic amines is 1. The van der Waals surface area contributed by atoms with Gasteiger partial charge in [-0.1, -0.05) is 54.6 Å². The average molecular weight is 493 g/mol. The molecule has 3 atom stereocenters. The molecule has 1 aromatic heterocycles. The molecule has 1 amide bonds. The van der Waals surface area contributed by atoms with Crippen LogP contribution in [0.3, 0.4) is 0 Å². The van der Waals surface area contributed by atoms with E-state index in [0.717, 1.165) is 73.5 Å². The number of benzene rings is 2. The van der Waals surface area contributed by atoms with Gasteiger partial charge in [0.2, 0.25) is 5.91 Å². The highest BCUT2D eigenvalue weighted by Crippen LogP contribution is 2.67. The molecule has 1 saturated heterocycles. The predicted octanol–water partition coefficient (Wildman–Crippen LogP) is 4.97. The van der Waals surface area contributed by atoms with E-state index in [0.29, 0.717) is 5.92 Å². The first-order valence-electron chi connectivity index (χ1n) is 13.3. The molecular formula is C31H32N4O2. The van der Waals surface area contributed by atoms with E-state index in [-0.39, 0.29) is 17.2 Å². The smallest absolute Gasteiger partial charge is 0.234 e. The number of amides is 1. The van der Waals surface area contributed by atoms with Crippen LogP contribution in [-0.4, -0.2) is 59.3 Å². The quantitative estimate of drug-likeness (QED) is 0.546. The Hall–Kier alpha value is -3.48. The van der Waals surface area contributed by atoms with E-state index >= 15 is 0 Å². The van der Waals surface area contributed by atoms with Crippen LogP contribution in [0.25, 0.3) is 23.1 Å². The summed E-state index contributed by atoms with van der Waals surface area (Å²) < 4.78 is 5.45. The molecule has 0 radical (unpaired) electrons. The van der Waals surface area contributed by atoms with Gasteiger partial charge in [0, 0.05) is 43.7 Å². The minimum Gasteiger partial charge on any atom is -0.379 e. The highest BCUT2D eigenvalue weighted by Gasteiger charge is 2.66. The summed E-state index contributed by atoms with van der Waals surface area (Å²) >= 11 is 0. The Kier molecular flexibility index (Phi) is 5.41. The molecular weight excluding hydrogens is 460 g/mol. The van der Waals surface area contributed by atoms with Crippen LogP contribution in [0.15, 0.2) is 66.4 Å². The summed E-state index contributed by atoms with van der Waals surface area (Å²) in [6.45, 7) is 4.63. The van der Waals surface area contributed by atoms with Crippen LogP contribution in [0.5, 0.6) is 0 Å². The van der Waals surface area contributed by atoms with Crippen molar-refractivity contribution in [1.29, 1.82) is 0 Å². The van der Waals surface area contributed by atoms with Crippen molar-refractivity contribution < 1.29 is 9.53 Å². The van der Waals surface area contributed by atoms with Crippen LogP contribution in [0, 0.1) is 11.3 Å². The molecule has 2 fully saturated rings. The van der Waals surface area contributed by atoms with E-state index in [4.69, 9.17) is 4.74 Å². The molecule has 1 saturated carbocycles. The van der Waals surface area contributed by atoms with Crippen molar-refractivity contribution in [2.24, 2.45) is 11.3 Å². The van der Waals surface area contributed by atoms with Crippen LogP contribution in [0.4, 0.5) is 0 Å². The predicted molar refractivity (Wildman–Crippen MR) is 145 cm³/mol. The van der Waals surface area contributed by atoms with Crippen LogP contribution >= 0.6 is 0 Å². The molecule has 3 aromatic rings. The number of allylic oxidation sites excluding steroid dienone is 3. The third-order valence-electron chi connectivity index (χ3n) is 8.75. The highest BCUT2D eigenvalue weighted by molar-refractivity contribution is 5.93. The molecule has 1 unspecified atom stereocenters. The van der Waals surface area contributed by atoms with E-state index < -0.39 is 0 Å². The average Bonchev–Trinajstić information content (AvgIpc) is 3.58. The number of carbonyl (C=O) groups is 1. The van der Waals surface area contributed by atoms with Gasteiger partial charge in [-0.3, -0.25) is 14.8 Å². The van der Waals surface area contributed by atoms with Gasteiger partial charge in [-0.25, -0.2) is 0 Å². The maximum absolute atomic E-state index is 13.3. The van der Waals surface area contributed by atoms with Crippen LogP contribution in [0.1, 0.15) is 41.1 Å². The molecule has 1 spiro atoms. The third kappa shape index (κ3) is 3.87. The zero-order valence-electron chi connectivity index (χ0n) is 21.2. The monoisotopic (exact) mass is 492 g/mol.